The van der Waals surface area contributed by atoms with Crippen molar-refractivity contribution in [2.75, 3.05) is 43.4 Å². The summed E-state index contributed by atoms with van der Waals surface area (Å²) in [6, 6.07) is 0. The number of rotatable bonds is 6. The standard InChI is InChI=1S/C12H21N3O3S3/c1-13-6-10-9(7-18-2)14-12(20-10)15-4-5-19-8-11(15)21(3,16)17/h11,13H,4-8H2,1-3H3. The Kier molecular flexibility index (Phi) is 5.89. The van der Waals surface area contributed by atoms with E-state index >= 15 is 0 Å². The van der Waals surface area contributed by atoms with E-state index < -0.39 is 15.2 Å². The zero-order valence-corrected chi connectivity index (χ0v) is 14.9. The van der Waals surface area contributed by atoms with Crippen molar-refractivity contribution in [1.82, 2.24) is 10.3 Å². The molecule has 0 saturated carbocycles. The van der Waals surface area contributed by atoms with E-state index in [0.29, 0.717) is 25.4 Å². The Balaban J connectivity index is 2.32. The van der Waals surface area contributed by atoms with Crippen LogP contribution in [0.15, 0.2) is 0 Å². The molecule has 1 aromatic rings. The molecule has 120 valence electrons. The lowest BCUT2D eigenvalue weighted by atomic mass is 10.4. The molecule has 1 aromatic heterocycles. The van der Waals surface area contributed by atoms with Crippen molar-refractivity contribution in [2.24, 2.45) is 0 Å². The lowest BCUT2D eigenvalue weighted by Crippen LogP contribution is -2.47. The molecule has 6 nitrogen and oxygen atoms in total. The predicted molar refractivity (Wildman–Crippen MR) is 88.9 cm³/mol. The van der Waals surface area contributed by atoms with Crippen LogP contribution in [0.1, 0.15) is 10.6 Å². The van der Waals surface area contributed by atoms with Gasteiger partial charge in [-0.1, -0.05) is 0 Å². The Bertz CT molecular complexity index is 550. The Morgan fingerprint density at radius 2 is 2.29 bits per heavy atom. The molecule has 2 heterocycles. The molecule has 2 rings (SSSR count). The van der Waals surface area contributed by atoms with Crippen LogP contribution < -0.4 is 10.2 Å². The number of thioether (sulfide) groups is 1. The number of aromatic nitrogens is 1. The van der Waals surface area contributed by atoms with Gasteiger partial charge in [0.05, 0.1) is 12.3 Å². The van der Waals surface area contributed by atoms with Gasteiger partial charge in [0, 0.05) is 42.8 Å². The lowest BCUT2D eigenvalue weighted by molar-refractivity contribution is 0.181. The van der Waals surface area contributed by atoms with E-state index in [1.54, 1.807) is 30.2 Å². The first kappa shape index (κ1) is 17.0. The van der Waals surface area contributed by atoms with Gasteiger partial charge in [0.15, 0.2) is 15.0 Å². The highest BCUT2D eigenvalue weighted by Gasteiger charge is 2.33. The summed E-state index contributed by atoms with van der Waals surface area (Å²) in [6.07, 6.45) is 1.30. The minimum atomic E-state index is -3.13. The van der Waals surface area contributed by atoms with Crippen LogP contribution in [-0.2, 0) is 27.7 Å². The van der Waals surface area contributed by atoms with Crippen molar-refractivity contribution < 1.29 is 13.2 Å². The highest BCUT2D eigenvalue weighted by Crippen LogP contribution is 2.32. The molecule has 1 N–H and O–H groups in total. The Morgan fingerprint density at radius 3 is 2.90 bits per heavy atom. The fourth-order valence-corrected chi connectivity index (χ4v) is 6.23. The van der Waals surface area contributed by atoms with E-state index in [1.165, 1.54) is 6.26 Å². The van der Waals surface area contributed by atoms with Crippen molar-refractivity contribution in [3.8, 4) is 0 Å². The van der Waals surface area contributed by atoms with Crippen molar-refractivity contribution in [1.29, 1.82) is 0 Å². The van der Waals surface area contributed by atoms with Crippen LogP contribution in [-0.4, -0.2) is 57.2 Å². The second-order valence-electron chi connectivity index (χ2n) is 4.88. The van der Waals surface area contributed by atoms with Crippen LogP contribution in [0.5, 0.6) is 0 Å². The fourth-order valence-electron chi connectivity index (χ4n) is 2.20. The maximum Gasteiger partial charge on any atom is 0.187 e. The monoisotopic (exact) mass is 351 g/mol. The summed E-state index contributed by atoms with van der Waals surface area (Å²) in [5.41, 5.74) is 0.886. The summed E-state index contributed by atoms with van der Waals surface area (Å²) >= 11 is 3.23. The van der Waals surface area contributed by atoms with E-state index in [-0.39, 0.29) is 0 Å². The van der Waals surface area contributed by atoms with Crippen molar-refractivity contribution in [3.05, 3.63) is 10.6 Å². The fraction of sp³-hybridized carbons (Fsp3) is 0.750. The molecular formula is C12H21N3O3S3. The molecule has 1 atom stereocenters. The summed E-state index contributed by atoms with van der Waals surface area (Å²) in [7, 11) is 0.393. The summed E-state index contributed by atoms with van der Waals surface area (Å²) in [4.78, 5) is 7.63. The molecule has 1 saturated heterocycles. The first-order chi connectivity index (χ1) is 9.97. The van der Waals surface area contributed by atoms with Crippen molar-refractivity contribution >= 4 is 38.1 Å². The van der Waals surface area contributed by atoms with Crippen LogP contribution in [0.4, 0.5) is 5.13 Å². The average molecular weight is 352 g/mol. The van der Waals surface area contributed by atoms with E-state index in [9.17, 15) is 8.42 Å². The maximum atomic E-state index is 12.0. The van der Waals surface area contributed by atoms with Crippen LogP contribution in [0.3, 0.4) is 0 Å². The molecular weight excluding hydrogens is 330 g/mol. The number of ether oxygens (including phenoxy) is 1. The molecule has 0 aromatic carbocycles. The van der Waals surface area contributed by atoms with E-state index in [0.717, 1.165) is 21.5 Å². The van der Waals surface area contributed by atoms with Gasteiger partial charge in [-0.05, 0) is 7.05 Å². The summed E-state index contributed by atoms with van der Waals surface area (Å²) in [5, 5.41) is 3.41. The van der Waals surface area contributed by atoms with E-state index in [2.05, 4.69) is 10.3 Å². The topological polar surface area (TPSA) is 71.5 Å². The number of hydrogen-bond acceptors (Lipinski definition) is 8. The molecule has 0 bridgehead atoms. The largest absolute Gasteiger partial charge is 0.378 e. The number of hydrogen-bond donors (Lipinski definition) is 1. The summed E-state index contributed by atoms with van der Waals surface area (Å²) in [5.74, 6) is 1.52. The Morgan fingerprint density at radius 1 is 1.52 bits per heavy atom. The lowest BCUT2D eigenvalue weighted by Gasteiger charge is -2.33. The molecule has 9 heteroatoms. The van der Waals surface area contributed by atoms with Gasteiger partial charge >= 0.3 is 0 Å². The molecule has 1 aliphatic rings. The van der Waals surface area contributed by atoms with Crippen LogP contribution in [0, 0.1) is 0 Å². The molecule has 0 radical (unpaired) electrons. The molecule has 0 amide bonds. The van der Waals surface area contributed by atoms with Gasteiger partial charge in [0.25, 0.3) is 0 Å². The number of anilines is 1. The highest BCUT2D eigenvalue weighted by atomic mass is 32.2. The number of methoxy groups -OCH3 is 1. The second-order valence-corrected chi connectivity index (χ2v) is 9.30. The average Bonchev–Trinajstić information content (AvgIpc) is 2.82. The Hall–Kier alpha value is -0.350. The van der Waals surface area contributed by atoms with Gasteiger partial charge < -0.3 is 15.0 Å². The number of nitrogens with one attached hydrogen (secondary N) is 1. The first-order valence-corrected chi connectivity index (χ1v) is 10.5. The van der Waals surface area contributed by atoms with Crippen molar-refractivity contribution in [3.63, 3.8) is 0 Å². The summed E-state index contributed by atoms with van der Waals surface area (Å²) in [6.45, 7) is 1.86. The Labute approximate surface area is 134 Å². The number of sulfone groups is 1. The number of nitrogens with zero attached hydrogens (tertiary/aromatic N) is 2. The van der Waals surface area contributed by atoms with Gasteiger partial charge in [-0.25, -0.2) is 13.4 Å². The SMILES string of the molecule is CNCc1sc(N2CCSCC2S(C)(=O)=O)nc1COC. The highest BCUT2D eigenvalue weighted by molar-refractivity contribution is 8.01. The zero-order chi connectivity index (χ0) is 15.5. The van der Waals surface area contributed by atoms with Crippen LogP contribution in [0.25, 0.3) is 0 Å². The molecule has 1 fully saturated rings. The molecule has 1 unspecified atom stereocenters. The second kappa shape index (κ2) is 7.28. The minimum Gasteiger partial charge on any atom is -0.378 e. The zero-order valence-electron chi connectivity index (χ0n) is 12.5. The molecule has 0 spiro atoms. The van der Waals surface area contributed by atoms with E-state index in [4.69, 9.17) is 4.74 Å². The molecule has 1 aliphatic heterocycles. The minimum absolute atomic E-state index is 0.444. The third-order valence-corrected chi connectivity index (χ3v) is 6.99. The predicted octanol–water partition coefficient (Wildman–Crippen LogP) is 0.933. The normalized spacial score (nSPS) is 20.0. The third-order valence-electron chi connectivity index (χ3n) is 3.21. The smallest absolute Gasteiger partial charge is 0.187 e. The van der Waals surface area contributed by atoms with Gasteiger partial charge in [0.1, 0.15) is 5.37 Å². The first-order valence-electron chi connectivity index (χ1n) is 6.62. The van der Waals surface area contributed by atoms with Crippen LogP contribution >= 0.6 is 23.1 Å². The molecule has 21 heavy (non-hydrogen) atoms. The quantitative estimate of drug-likeness (QED) is 0.817. The van der Waals surface area contributed by atoms with Gasteiger partial charge in [-0.3, -0.25) is 0 Å². The molecule has 0 aliphatic carbocycles. The van der Waals surface area contributed by atoms with Gasteiger partial charge in [-0.15, -0.1) is 11.3 Å². The van der Waals surface area contributed by atoms with Gasteiger partial charge in [0.2, 0.25) is 0 Å². The van der Waals surface area contributed by atoms with Crippen LogP contribution in [0.2, 0.25) is 0 Å². The van der Waals surface area contributed by atoms with Crippen molar-refractivity contribution in [2.45, 2.75) is 18.5 Å². The maximum absolute atomic E-state index is 12.0. The van der Waals surface area contributed by atoms with Gasteiger partial charge in [-0.2, -0.15) is 11.8 Å². The third kappa shape index (κ3) is 4.10. The summed E-state index contributed by atoms with van der Waals surface area (Å²) < 4.78 is 29.2. The number of thiazole rings is 1. The van der Waals surface area contributed by atoms with E-state index in [1.807, 2.05) is 11.9 Å².